The SMILES string of the molecule is CCc1cnc(Sc2snc(Cl)c2C#N)[nH]1. The molecule has 0 saturated heterocycles. The minimum absolute atomic E-state index is 0.261. The smallest absolute Gasteiger partial charge is 0.171 e. The fourth-order valence-corrected chi connectivity index (χ4v) is 3.12. The van der Waals surface area contributed by atoms with E-state index in [1.54, 1.807) is 6.20 Å². The molecule has 0 spiro atoms. The molecule has 2 aromatic heterocycles. The Kier molecular flexibility index (Phi) is 3.49. The summed E-state index contributed by atoms with van der Waals surface area (Å²) in [7, 11) is 0. The van der Waals surface area contributed by atoms with Crippen LogP contribution in [0.4, 0.5) is 0 Å². The standard InChI is InChI=1S/C9H7ClN4S2/c1-2-5-4-12-9(13-5)15-8-6(3-11)7(10)14-16-8/h4H,2H2,1H3,(H,12,13). The molecule has 0 atom stereocenters. The zero-order chi connectivity index (χ0) is 11.5. The number of aromatic amines is 1. The lowest BCUT2D eigenvalue weighted by molar-refractivity contribution is 0.995. The highest BCUT2D eigenvalue weighted by molar-refractivity contribution is 8.01. The highest BCUT2D eigenvalue weighted by Gasteiger charge is 2.14. The summed E-state index contributed by atoms with van der Waals surface area (Å²) in [6.07, 6.45) is 2.69. The van der Waals surface area contributed by atoms with E-state index in [4.69, 9.17) is 16.9 Å². The van der Waals surface area contributed by atoms with Gasteiger partial charge in [0.1, 0.15) is 15.8 Å². The van der Waals surface area contributed by atoms with E-state index in [-0.39, 0.29) is 5.15 Å². The Hall–Kier alpha value is -1.03. The number of imidazole rings is 1. The largest absolute Gasteiger partial charge is 0.337 e. The van der Waals surface area contributed by atoms with Gasteiger partial charge in [-0.05, 0) is 29.7 Å². The molecule has 0 aromatic carbocycles. The third kappa shape index (κ3) is 2.21. The number of aryl methyl sites for hydroxylation is 1. The van der Waals surface area contributed by atoms with Crippen LogP contribution in [0.5, 0.6) is 0 Å². The lowest BCUT2D eigenvalue weighted by Gasteiger charge is -1.92. The summed E-state index contributed by atoms with van der Waals surface area (Å²) in [6, 6.07) is 2.04. The van der Waals surface area contributed by atoms with Crippen molar-refractivity contribution in [3.63, 3.8) is 0 Å². The summed E-state index contributed by atoms with van der Waals surface area (Å²) in [4.78, 5) is 7.35. The first-order chi connectivity index (χ1) is 7.74. The number of nitrogens with one attached hydrogen (secondary N) is 1. The molecule has 0 aliphatic heterocycles. The molecule has 7 heteroatoms. The molecule has 2 rings (SSSR count). The topological polar surface area (TPSA) is 65.4 Å². The maximum Gasteiger partial charge on any atom is 0.171 e. The number of hydrogen-bond donors (Lipinski definition) is 1. The normalized spacial score (nSPS) is 10.3. The Morgan fingerprint density at radius 2 is 2.50 bits per heavy atom. The van der Waals surface area contributed by atoms with E-state index in [9.17, 15) is 0 Å². The first kappa shape index (κ1) is 11.5. The Labute approximate surface area is 106 Å². The fraction of sp³-hybridized carbons (Fsp3) is 0.222. The molecule has 0 unspecified atom stereocenters. The van der Waals surface area contributed by atoms with Gasteiger partial charge in [0, 0.05) is 11.9 Å². The average Bonchev–Trinajstić information content (AvgIpc) is 2.86. The maximum atomic E-state index is 8.91. The highest BCUT2D eigenvalue weighted by atomic mass is 35.5. The quantitative estimate of drug-likeness (QED) is 0.931. The second-order valence-electron chi connectivity index (χ2n) is 2.92. The van der Waals surface area contributed by atoms with Gasteiger partial charge in [0.05, 0.1) is 0 Å². The summed E-state index contributed by atoms with van der Waals surface area (Å²) in [5.41, 5.74) is 1.49. The van der Waals surface area contributed by atoms with E-state index in [0.717, 1.165) is 21.5 Å². The van der Waals surface area contributed by atoms with Gasteiger partial charge >= 0.3 is 0 Å². The molecule has 16 heavy (non-hydrogen) atoms. The number of nitrogens with zero attached hydrogens (tertiary/aromatic N) is 3. The molecule has 0 radical (unpaired) electrons. The molecular formula is C9H7ClN4S2. The average molecular weight is 271 g/mol. The van der Waals surface area contributed by atoms with Gasteiger partial charge in [-0.1, -0.05) is 18.5 Å². The van der Waals surface area contributed by atoms with Crippen LogP contribution in [0.25, 0.3) is 0 Å². The monoisotopic (exact) mass is 270 g/mol. The highest BCUT2D eigenvalue weighted by Crippen LogP contribution is 2.35. The summed E-state index contributed by atoms with van der Waals surface area (Å²) in [5.74, 6) is 0. The Bertz CT molecular complexity index is 540. The van der Waals surface area contributed by atoms with Gasteiger partial charge in [0.15, 0.2) is 10.3 Å². The molecule has 0 fully saturated rings. The molecule has 0 saturated carbocycles. The summed E-state index contributed by atoms with van der Waals surface area (Å²) >= 11 is 8.37. The van der Waals surface area contributed by atoms with Crippen LogP contribution in [0.3, 0.4) is 0 Å². The minimum Gasteiger partial charge on any atom is -0.337 e. The van der Waals surface area contributed by atoms with Crippen molar-refractivity contribution in [1.29, 1.82) is 5.26 Å². The summed E-state index contributed by atoms with van der Waals surface area (Å²) < 4.78 is 4.70. The first-order valence-electron chi connectivity index (χ1n) is 4.51. The van der Waals surface area contributed by atoms with Gasteiger partial charge in [0.25, 0.3) is 0 Å². The molecule has 4 nitrogen and oxygen atoms in total. The number of H-pyrrole nitrogens is 1. The van der Waals surface area contributed by atoms with Crippen molar-refractivity contribution in [2.24, 2.45) is 0 Å². The Morgan fingerprint density at radius 3 is 3.12 bits per heavy atom. The maximum absolute atomic E-state index is 8.91. The van der Waals surface area contributed by atoms with Crippen molar-refractivity contribution in [2.75, 3.05) is 0 Å². The van der Waals surface area contributed by atoms with E-state index >= 15 is 0 Å². The number of nitriles is 1. The van der Waals surface area contributed by atoms with Crippen LogP contribution in [-0.4, -0.2) is 14.3 Å². The molecule has 0 aliphatic carbocycles. The van der Waals surface area contributed by atoms with E-state index in [0.29, 0.717) is 5.56 Å². The molecule has 0 aliphatic rings. The van der Waals surface area contributed by atoms with Crippen molar-refractivity contribution in [3.8, 4) is 6.07 Å². The number of hydrogen-bond acceptors (Lipinski definition) is 5. The van der Waals surface area contributed by atoms with E-state index in [2.05, 4.69) is 14.3 Å². The minimum atomic E-state index is 0.261. The van der Waals surface area contributed by atoms with Crippen LogP contribution < -0.4 is 0 Å². The fourth-order valence-electron chi connectivity index (χ4n) is 1.08. The molecule has 0 amide bonds. The lowest BCUT2D eigenvalue weighted by Crippen LogP contribution is -1.79. The summed E-state index contributed by atoms with van der Waals surface area (Å²) in [6.45, 7) is 2.05. The van der Waals surface area contributed by atoms with Crippen molar-refractivity contribution in [3.05, 3.63) is 22.6 Å². The van der Waals surface area contributed by atoms with Crippen molar-refractivity contribution >= 4 is 34.9 Å². The Morgan fingerprint density at radius 1 is 1.69 bits per heavy atom. The number of rotatable bonds is 3. The molecular weight excluding hydrogens is 264 g/mol. The van der Waals surface area contributed by atoms with Crippen LogP contribution in [-0.2, 0) is 6.42 Å². The van der Waals surface area contributed by atoms with Gasteiger partial charge in [-0.3, -0.25) is 0 Å². The van der Waals surface area contributed by atoms with Gasteiger partial charge in [-0.2, -0.15) is 9.64 Å². The van der Waals surface area contributed by atoms with Crippen LogP contribution in [0.1, 0.15) is 18.2 Å². The molecule has 0 bridgehead atoms. The van der Waals surface area contributed by atoms with E-state index in [1.807, 2.05) is 13.0 Å². The van der Waals surface area contributed by atoms with Crippen molar-refractivity contribution in [1.82, 2.24) is 14.3 Å². The number of halogens is 1. The zero-order valence-corrected chi connectivity index (χ0v) is 10.7. The second kappa shape index (κ2) is 4.87. The van der Waals surface area contributed by atoms with Gasteiger partial charge in [-0.15, -0.1) is 0 Å². The first-order valence-corrected chi connectivity index (χ1v) is 6.48. The molecule has 2 aromatic rings. The van der Waals surface area contributed by atoms with Gasteiger partial charge in [-0.25, -0.2) is 4.98 Å². The van der Waals surface area contributed by atoms with E-state index in [1.165, 1.54) is 23.3 Å². The van der Waals surface area contributed by atoms with Crippen LogP contribution in [0.15, 0.2) is 15.6 Å². The summed E-state index contributed by atoms with van der Waals surface area (Å²) in [5, 5.41) is 9.93. The van der Waals surface area contributed by atoms with Crippen molar-refractivity contribution < 1.29 is 0 Å². The van der Waals surface area contributed by atoms with Crippen LogP contribution >= 0.6 is 34.9 Å². The van der Waals surface area contributed by atoms with Gasteiger partial charge < -0.3 is 4.98 Å². The third-order valence-electron chi connectivity index (χ3n) is 1.91. The van der Waals surface area contributed by atoms with Gasteiger partial charge in [0.2, 0.25) is 0 Å². The Balaban J connectivity index is 2.24. The van der Waals surface area contributed by atoms with E-state index < -0.39 is 0 Å². The second-order valence-corrected chi connectivity index (χ2v) is 5.31. The zero-order valence-electron chi connectivity index (χ0n) is 8.32. The molecule has 2 heterocycles. The van der Waals surface area contributed by atoms with Crippen molar-refractivity contribution in [2.45, 2.75) is 22.7 Å². The lowest BCUT2D eigenvalue weighted by atomic mass is 10.4. The molecule has 82 valence electrons. The van der Waals surface area contributed by atoms with Crippen LogP contribution in [0.2, 0.25) is 5.15 Å². The van der Waals surface area contributed by atoms with Crippen LogP contribution in [0, 0.1) is 11.3 Å². The third-order valence-corrected chi connectivity index (χ3v) is 4.19. The predicted octanol–water partition coefficient (Wildman–Crippen LogP) is 3.10. The number of aromatic nitrogens is 3. The molecule has 1 N–H and O–H groups in total. The predicted molar refractivity (Wildman–Crippen MR) is 63.9 cm³/mol.